The number of alkyl halides is 3. The molecule has 1 aliphatic rings. The number of rotatable bonds is 3. The monoisotopic (exact) mass is 366 g/mol. The Balaban J connectivity index is 2.04. The molecule has 4 nitrogen and oxygen atoms in total. The molecule has 0 radical (unpaired) electrons. The Kier molecular flexibility index (Phi) is 4.97. The topological polar surface area (TPSA) is 50.4 Å². The van der Waals surface area contributed by atoms with Crippen LogP contribution in [0.3, 0.4) is 0 Å². The molecule has 1 unspecified atom stereocenters. The summed E-state index contributed by atoms with van der Waals surface area (Å²) in [6.07, 6.45) is -2.70. The summed E-state index contributed by atoms with van der Waals surface area (Å²) in [5.41, 5.74) is 0.635. The molecule has 1 saturated heterocycles. The quantitative estimate of drug-likeness (QED) is 0.861. The normalized spacial score (nSPS) is 19.6. The SMILES string of the molecule is O=C1CC(Nc2ccc(OC(F)(F)F)c(Br)c2)CCCN1. The molecule has 0 saturated carbocycles. The molecule has 0 aliphatic carbocycles. The standard InChI is InChI=1S/C13H14BrF3N2O2/c14-10-6-9(3-4-11(10)21-13(15,16)17)19-8-2-1-5-18-12(20)7-8/h3-4,6,8,19H,1-2,5,7H2,(H,18,20). The maximum Gasteiger partial charge on any atom is 0.573 e. The number of anilines is 1. The average molecular weight is 367 g/mol. The van der Waals surface area contributed by atoms with E-state index < -0.39 is 6.36 Å². The Hall–Kier alpha value is -1.44. The Bertz CT molecular complexity index is 523. The lowest BCUT2D eigenvalue weighted by atomic mass is 10.1. The van der Waals surface area contributed by atoms with E-state index in [9.17, 15) is 18.0 Å². The Morgan fingerprint density at radius 2 is 2.14 bits per heavy atom. The number of halogens is 4. The van der Waals surface area contributed by atoms with Crippen molar-refractivity contribution in [3.05, 3.63) is 22.7 Å². The van der Waals surface area contributed by atoms with Gasteiger partial charge in [0, 0.05) is 24.7 Å². The molecule has 1 heterocycles. The third-order valence-corrected chi connectivity index (χ3v) is 3.63. The fourth-order valence-corrected chi connectivity index (χ4v) is 2.59. The van der Waals surface area contributed by atoms with Gasteiger partial charge in [0.25, 0.3) is 0 Å². The van der Waals surface area contributed by atoms with Gasteiger partial charge in [-0.25, -0.2) is 0 Å². The van der Waals surface area contributed by atoms with Gasteiger partial charge in [0.2, 0.25) is 5.91 Å². The number of carbonyl (C=O) groups is 1. The summed E-state index contributed by atoms with van der Waals surface area (Å²) in [6, 6.07) is 4.20. The largest absolute Gasteiger partial charge is 0.573 e. The first-order chi connectivity index (χ1) is 9.83. The number of nitrogens with one attached hydrogen (secondary N) is 2. The molecule has 21 heavy (non-hydrogen) atoms. The van der Waals surface area contributed by atoms with Crippen molar-refractivity contribution in [3.63, 3.8) is 0 Å². The highest BCUT2D eigenvalue weighted by molar-refractivity contribution is 9.10. The molecule has 0 aromatic heterocycles. The molecule has 1 atom stereocenters. The molecule has 1 amide bonds. The van der Waals surface area contributed by atoms with Crippen LogP contribution in [0, 0.1) is 0 Å². The van der Waals surface area contributed by atoms with Crippen LogP contribution in [-0.4, -0.2) is 24.9 Å². The number of carbonyl (C=O) groups excluding carboxylic acids is 1. The lowest BCUT2D eigenvalue weighted by Gasteiger charge is -2.18. The van der Waals surface area contributed by atoms with Crippen LogP contribution in [-0.2, 0) is 4.79 Å². The zero-order chi connectivity index (χ0) is 15.5. The first kappa shape index (κ1) is 15.9. The van der Waals surface area contributed by atoms with Crippen LogP contribution in [0.15, 0.2) is 22.7 Å². The molecule has 0 bridgehead atoms. The highest BCUT2D eigenvalue weighted by Gasteiger charge is 2.32. The summed E-state index contributed by atoms with van der Waals surface area (Å²) in [4.78, 5) is 11.5. The third-order valence-electron chi connectivity index (χ3n) is 3.01. The zero-order valence-corrected chi connectivity index (χ0v) is 12.6. The van der Waals surface area contributed by atoms with Crippen LogP contribution in [0.2, 0.25) is 0 Å². The summed E-state index contributed by atoms with van der Waals surface area (Å²) < 4.78 is 40.6. The first-order valence-electron chi connectivity index (χ1n) is 6.42. The lowest BCUT2D eigenvalue weighted by molar-refractivity contribution is -0.274. The summed E-state index contributed by atoms with van der Waals surface area (Å²) >= 11 is 3.05. The van der Waals surface area contributed by atoms with E-state index in [-0.39, 0.29) is 22.2 Å². The van der Waals surface area contributed by atoms with Crippen molar-refractivity contribution in [2.45, 2.75) is 31.7 Å². The first-order valence-corrected chi connectivity index (χ1v) is 7.21. The van der Waals surface area contributed by atoms with E-state index in [1.165, 1.54) is 18.2 Å². The van der Waals surface area contributed by atoms with Crippen molar-refractivity contribution in [1.82, 2.24) is 5.32 Å². The Morgan fingerprint density at radius 1 is 1.38 bits per heavy atom. The van der Waals surface area contributed by atoms with Gasteiger partial charge in [0.05, 0.1) is 4.47 Å². The van der Waals surface area contributed by atoms with Gasteiger partial charge in [0.1, 0.15) is 5.75 Å². The minimum absolute atomic E-state index is 0.0268. The molecule has 2 N–H and O–H groups in total. The van der Waals surface area contributed by atoms with E-state index in [0.717, 1.165) is 12.8 Å². The molecular weight excluding hydrogens is 353 g/mol. The van der Waals surface area contributed by atoms with Gasteiger partial charge in [-0.05, 0) is 47.0 Å². The lowest BCUT2D eigenvalue weighted by Crippen LogP contribution is -2.26. The van der Waals surface area contributed by atoms with Gasteiger partial charge in [-0.2, -0.15) is 0 Å². The van der Waals surface area contributed by atoms with Gasteiger partial charge in [0.15, 0.2) is 0 Å². The second kappa shape index (κ2) is 6.55. The van der Waals surface area contributed by atoms with Crippen molar-refractivity contribution in [1.29, 1.82) is 0 Å². The number of hydrogen-bond acceptors (Lipinski definition) is 3. The van der Waals surface area contributed by atoms with Gasteiger partial charge in [-0.3, -0.25) is 4.79 Å². The van der Waals surface area contributed by atoms with Crippen LogP contribution in [0.5, 0.6) is 5.75 Å². The van der Waals surface area contributed by atoms with Gasteiger partial charge >= 0.3 is 6.36 Å². The van der Waals surface area contributed by atoms with Gasteiger partial charge < -0.3 is 15.4 Å². The van der Waals surface area contributed by atoms with Crippen molar-refractivity contribution >= 4 is 27.5 Å². The number of ether oxygens (including phenoxy) is 1. The predicted molar refractivity (Wildman–Crippen MR) is 75.1 cm³/mol. The average Bonchev–Trinajstić information content (AvgIpc) is 2.56. The molecule has 116 valence electrons. The molecule has 8 heteroatoms. The van der Waals surface area contributed by atoms with E-state index >= 15 is 0 Å². The Labute approximate surface area is 128 Å². The molecule has 1 aromatic carbocycles. The summed E-state index contributed by atoms with van der Waals surface area (Å²) in [7, 11) is 0. The minimum atomic E-state index is -4.73. The highest BCUT2D eigenvalue weighted by Crippen LogP contribution is 2.32. The molecule has 1 fully saturated rings. The van der Waals surface area contributed by atoms with E-state index in [4.69, 9.17) is 0 Å². The van der Waals surface area contributed by atoms with E-state index in [2.05, 4.69) is 31.3 Å². The Morgan fingerprint density at radius 3 is 2.81 bits per heavy atom. The van der Waals surface area contributed by atoms with Crippen LogP contribution < -0.4 is 15.4 Å². The second-order valence-electron chi connectivity index (χ2n) is 4.73. The molecule has 2 rings (SSSR count). The molecule has 1 aromatic rings. The maximum absolute atomic E-state index is 12.2. The fourth-order valence-electron chi connectivity index (χ4n) is 2.13. The van der Waals surface area contributed by atoms with Gasteiger partial charge in [-0.1, -0.05) is 0 Å². The third kappa shape index (κ3) is 5.11. The van der Waals surface area contributed by atoms with E-state index in [1.807, 2.05) is 0 Å². The predicted octanol–water partition coefficient (Wildman–Crippen LogP) is 3.43. The highest BCUT2D eigenvalue weighted by atomic mass is 79.9. The van der Waals surface area contributed by atoms with Crippen LogP contribution in [0.4, 0.5) is 18.9 Å². The van der Waals surface area contributed by atoms with Crippen molar-refractivity contribution in [3.8, 4) is 5.75 Å². The van der Waals surface area contributed by atoms with E-state index in [1.54, 1.807) is 0 Å². The zero-order valence-electron chi connectivity index (χ0n) is 11.0. The number of amides is 1. The summed E-state index contributed by atoms with van der Waals surface area (Å²) in [5.74, 6) is -0.326. The minimum Gasteiger partial charge on any atom is -0.405 e. The molecule has 1 aliphatic heterocycles. The number of hydrogen-bond donors (Lipinski definition) is 2. The summed E-state index contributed by atoms with van der Waals surface area (Å²) in [6.45, 7) is 0.652. The van der Waals surface area contributed by atoms with Crippen LogP contribution in [0.25, 0.3) is 0 Å². The number of benzene rings is 1. The fraction of sp³-hybridized carbons (Fsp3) is 0.462. The molecule has 0 spiro atoms. The van der Waals surface area contributed by atoms with Gasteiger partial charge in [-0.15, -0.1) is 13.2 Å². The van der Waals surface area contributed by atoms with Crippen molar-refractivity contribution in [2.24, 2.45) is 0 Å². The van der Waals surface area contributed by atoms with Crippen LogP contribution in [0.1, 0.15) is 19.3 Å². The van der Waals surface area contributed by atoms with Crippen LogP contribution >= 0.6 is 15.9 Å². The second-order valence-corrected chi connectivity index (χ2v) is 5.58. The van der Waals surface area contributed by atoms with Crippen molar-refractivity contribution < 1.29 is 22.7 Å². The maximum atomic E-state index is 12.2. The molecular formula is C13H14BrF3N2O2. The van der Waals surface area contributed by atoms with E-state index in [0.29, 0.717) is 18.7 Å². The summed E-state index contributed by atoms with van der Waals surface area (Å²) in [5, 5.41) is 5.93. The smallest absolute Gasteiger partial charge is 0.405 e. The van der Waals surface area contributed by atoms with Crippen molar-refractivity contribution in [2.75, 3.05) is 11.9 Å².